The van der Waals surface area contributed by atoms with E-state index in [1.54, 1.807) is 6.07 Å². The number of fused-ring (bicyclic) bond motifs is 1. The van der Waals surface area contributed by atoms with E-state index in [1.165, 1.54) is 12.1 Å². The molecule has 0 aliphatic heterocycles. The average Bonchev–Trinajstić information content (AvgIpc) is 2.57. The molecule has 0 saturated carbocycles. The van der Waals surface area contributed by atoms with Gasteiger partial charge in [0.25, 0.3) is 0 Å². The predicted molar refractivity (Wildman–Crippen MR) is 107 cm³/mol. The van der Waals surface area contributed by atoms with Crippen molar-refractivity contribution in [2.45, 2.75) is 33.7 Å². The van der Waals surface area contributed by atoms with Crippen LogP contribution in [-0.2, 0) is 0 Å². The van der Waals surface area contributed by atoms with Gasteiger partial charge in [-0.15, -0.1) is 0 Å². The lowest BCUT2D eigenvalue weighted by Crippen LogP contribution is -2.31. The Morgan fingerprint density at radius 1 is 1.08 bits per heavy atom. The third-order valence-electron chi connectivity index (χ3n) is 4.43. The molecule has 1 unspecified atom stereocenters. The number of aromatic nitrogens is 2. The number of nitrogens with zero attached hydrogens (tertiary/aromatic N) is 2. The van der Waals surface area contributed by atoms with Crippen LogP contribution in [0.25, 0.3) is 10.9 Å². The maximum atomic E-state index is 13.4. The third kappa shape index (κ3) is 4.05. The molecule has 0 spiro atoms. The largest absolute Gasteiger partial charge is 0.366 e. The molecule has 3 aromatic rings. The highest BCUT2D eigenvalue weighted by Crippen LogP contribution is 2.28. The van der Waals surface area contributed by atoms with Crippen LogP contribution in [-0.4, -0.2) is 16.0 Å². The van der Waals surface area contributed by atoms with E-state index in [9.17, 15) is 4.39 Å². The first-order valence-electron chi connectivity index (χ1n) is 8.49. The second-order valence-electron chi connectivity index (χ2n) is 7.40. The molecule has 0 bridgehead atoms. The Morgan fingerprint density at radius 3 is 2.50 bits per heavy atom. The fourth-order valence-corrected chi connectivity index (χ4v) is 2.55. The van der Waals surface area contributed by atoms with Gasteiger partial charge in [0.1, 0.15) is 11.6 Å². The Bertz CT molecular complexity index is 937. The van der Waals surface area contributed by atoms with E-state index in [1.807, 2.05) is 24.3 Å². The van der Waals surface area contributed by atoms with Crippen LogP contribution in [0.3, 0.4) is 0 Å². The van der Waals surface area contributed by atoms with Gasteiger partial charge in [-0.1, -0.05) is 44.5 Å². The van der Waals surface area contributed by atoms with E-state index in [0.717, 1.165) is 16.7 Å². The van der Waals surface area contributed by atoms with Crippen molar-refractivity contribution < 1.29 is 4.39 Å². The van der Waals surface area contributed by atoms with Crippen molar-refractivity contribution >= 4 is 40.0 Å². The van der Waals surface area contributed by atoms with E-state index in [4.69, 9.17) is 11.6 Å². The van der Waals surface area contributed by atoms with Crippen molar-refractivity contribution in [3.05, 3.63) is 53.3 Å². The summed E-state index contributed by atoms with van der Waals surface area (Å²) in [6, 6.07) is 12.5. The number of hydrogen-bond acceptors (Lipinski definition) is 4. The van der Waals surface area contributed by atoms with E-state index in [-0.39, 0.29) is 16.5 Å². The molecule has 3 rings (SSSR count). The summed E-state index contributed by atoms with van der Waals surface area (Å²) in [5.41, 5.74) is 1.52. The lowest BCUT2D eigenvalue weighted by Gasteiger charge is -2.29. The standard InChI is InChI=1S/C20H22ClFN4/c1-12(20(2,3)4)23-18-14-7-5-6-8-17(14)25-19(26-18)24-13-9-10-16(22)15(21)11-13/h5-12H,1-4H3,(H2,23,24,25,26). The molecule has 136 valence electrons. The van der Waals surface area contributed by atoms with E-state index in [2.05, 4.69) is 48.3 Å². The highest BCUT2D eigenvalue weighted by molar-refractivity contribution is 6.31. The number of rotatable bonds is 4. The van der Waals surface area contributed by atoms with E-state index in [0.29, 0.717) is 11.6 Å². The Morgan fingerprint density at radius 2 is 1.81 bits per heavy atom. The van der Waals surface area contributed by atoms with Crippen LogP contribution >= 0.6 is 11.6 Å². The number of para-hydroxylation sites is 1. The molecule has 1 atom stereocenters. The van der Waals surface area contributed by atoms with Crippen molar-refractivity contribution in [2.75, 3.05) is 10.6 Å². The molecule has 1 aromatic heterocycles. The number of hydrogen-bond donors (Lipinski definition) is 2. The molecule has 2 aromatic carbocycles. The van der Waals surface area contributed by atoms with Gasteiger partial charge in [0.2, 0.25) is 5.95 Å². The van der Waals surface area contributed by atoms with Gasteiger partial charge in [0, 0.05) is 17.1 Å². The maximum absolute atomic E-state index is 13.4. The highest BCUT2D eigenvalue weighted by atomic mass is 35.5. The maximum Gasteiger partial charge on any atom is 0.229 e. The summed E-state index contributed by atoms with van der Waals surface area (Å²) < 4.78 is 13.4. The minimum Gasteiger partial charge on any atom is -0.366 e. The molecular weight excluding hydrogens is 351 g/mol. The fourth-order valence-electron chi connectivity index (χ4n) is 2.37. The zero-order valence-electron chi connectivity index (χ0n) is 15.3. The Kier molecular flexibility index (Phi) is 5.01. The summed E-state index contributed by atoms with van der Waals surface area (Å²) in [6.07, 6.45) is 0. The minimum absolute atomic E-state index is 0.0514. The molecule has 0 fully saturated rings. The average molecular weight is 373 g/mol. The lowest BCUT2D eigenvalue weighted by atomic mass is 9.88. The third-order valence-corrected chi connectivity index (χ3v) is 4.72. The number of anilines is 3. The summed E-state index contributed by atoms with van der Waals surface area (Å²) in [4.78, 5) is 9.19. The Hall–Kier alpha value is -2.40. The van der Waals surface area contributed by atoms with Gasteiger partial charge in [-0.2, -0.15) is 4.98 Å². The quantitative estimate of drug-likeness (QED) is 0.588. The van der Waals surface area contributed by atoms with Gasteiger partial charge in [-0.25, -0.2) is 9.37 Å². The van der Waals surface area contributed by atoms with Gasteiger partial charge < -0.3 is 10.6 Å². The zero-order valence-corrected chi connectivity index (χ0v) is 16.0. The summed E-state index contributed by atoms with van der Waals surface area (Å²) >= 11 is 5.86. The second kappa shape index (κ2) is 7.08. The van der Waals surface area contributed by atoms with Gasteiger partial charge in [-0.3, -0.25) is 0 Å². The van der Waals surface area contributed by atoms with Crippen LogP contribution in [0.4, 0.5) is 21.8 Å². The molecule has 0 aliphatic carbocycles. The van der Waals surface area contributed by atoms with Crippen molar-refractivity contribution in [2.24, 2.45) is 5.41 Å². The zero-order chi connectivity index (χ0) is 18.9. The van der Waals surface area contributed by atoms with E-state index < -0.39 is 5.82 Å². The van der Waals surface area contributed by atoms with Gasteiger partial charge >= 0.3 is 0 Å². The summed E-state index contributed by atoms with van der Waals surface area (Å²) in [5, 5.41) is 7.60. The molecule has 26 heavy (non-hydrogen) atoms. The monoisotopic (exact) mass is 372 g/mol. The van der Waals surface area contributed by atoms with Crippen molar-refractivity contribution in [1.29, 1.82) is 0 Å². The summed E-state index contributed by atoms with van der Waals surface area (Å²) in [7, 11) is 0. The fraction of sp³-hybridized carbons (Fsp3) is 0.300. The Balaban J connectivity index is 1.99. The first-order valence-corrected chi connectivity index (χ1v) is 8.87. The molecule has 4 nitrogen and oxygen atoms in total. The Labute approximate surface area is 157 Å². The summed E-state index contributed by atoms with van der Waals surface area (Å²) in [5.74, 6) is 0.724. The number of halogens is 2. The van der Waals surface area contributed by atoms with Crippen molar-refractivity contribution in [3.8, 4) is 0 Å². The van der Waals surface area contributed by atoms with Gasteiger partial charge in [0.15, 0.2) is 0 Å². The van der Waals surface area contributed by atoms with Gasteiger partial charge in [-0.05, 0) is 42.7 Å². The van der Waals surface area contributed by atoms with Crippen molar-refractivity contribution in [1.82, 2.24) is 9.97 Å². The van der Waals surface area contributed by atoms with Crippen LogP contribution in [0.1, 0.15) is 27.7 Å². The van der Waals surface area contributed by atoms with Crippen LogP contribution in [0.5, 0.6) is 0 Å². The van der Waals surface area contributed by atoms with E-state index >= 15 is 0 Å². The molecule has 6 heteroatoms. The predicted octanol–water partition coefficient (Wildman–Crippen LogP) is 6.01. The SMILES string of the molecule is CC(Nc1nc(Nc2ccc(F)c(Cl)c2)nc2ccccc12)C(C)(C)C. The first kappa shape index (κ1) is 18.4. The van der Waals surface area contributed by atoms with Crippen LogP contribution in [0, 0.1) is 11.2 Å². The lowest BCUT2D eigenvalue weighted by molar-refractivity contribution is 0.359. The molecule has 0 amide bonds. The number of benzene rings is 2. The van der Waals surface area contributed by atoms with Crippen molar-refractivity contribution in [3.63, 3.8) is 0 Å². The first-order chi connectivity index (χ1) is 12.2. The smallest absolute Gasteiger partial charge is 0.229 e. The molecule has 0 aliphatic rings. The molecule has 0 radical (unpaired) electrons. The van der Waals surface area contributed by atoms with Gasteiger partial charge in [0.05, 0.1) is 10.5 Å². The normalized spacial score (nSPS) is 12.8. The molecule has 0 saturated heterocycles. The highest BCUT2D eigenvalue weighted by Gasteiger charge is 2.21. The topological polar surface area (TPSA) is 49.8 Å². The second-order valence-corrected chi connectivity index (χ2v) is 7.81. The van der Waals surface area contributed by atoms with Crippen LogP contribution in [0.15, 0.2) is 42.5 Å². The summed E-state index contributed by atoms with van der Waals surface area (Å²) in [6.45, 7) is 8.65. The number of nitrogens with one attached hydrogen (secondary N) is 2. The minimum atomic E-state index is -0.460. The van der Waals surface area contributed by atoms with Crippen LogP contribution < -0.4 is 10.6 Å². The molecular formula is C20H22ClFN4. The van der Waals surface area contributed by atoms with Crippen LogP contribution in [0.2, 0.25) is 5.02 Å². The molecule has 1 heterocycles. The molecule has 2 N–H and O–H groups in total.